The largest absolute Gasteiger partial charge is 0.462 e. The molecule has 1 heterocycles. The van der Waals surface area contributed by atoms with Crippen LogP contribution in [-0.2, 0) is 4.74 Å². The number of ether oxygens (including phenoxy) is 1. The van der Waals surface area contributed by atoms with Crippen molar-refractivity contribution < 1.29 is 14.6 Å². The Labute approximate surface area is 107 Å². The van der Waals surface area contributed by atoms with E-state index in [9.17, 15) is 9.90 Å². The predicted molar refractivity (Wildman–Crippen MR) is 69.5 cm³/mol. The van der Waals surface area contributed by atoms with Crippen LogP contribution in [-0.4, -0.2) is 35.3 Å². The fourth-order valence-electron chi connectivity index (χ4n) is 1.43. The lowest BCUT2D eigenvalue weighted by atomic mass is 10.1. The molecule has 100 valence electrons. The van der Waals surface area contributed by atoms with Crippen molar-refractivity contribution in [3.05, 3.63) is 23.9 Å². The highest BCUT2D eigenvalue weighted by atomic mass is 16.5. The van der Waals surface area contributed by atoms with Crippen molar-refractivity contribution in [3.8, 4) is 0 Å². The molecule has 1 aromatic heterocycles. The van der Waals surface area contributed by atoms with E-state index in [2.05, 4.69) is 10.3 Å². The summed E-state index contributed by atoms with van der Waals surface area (Å²) in [6.45, 7) is 6.18. The van der Waals surface area contributed by atoms with Crippen molar-refractivity contribution in [2.24, 2.45) is 5.92 Å². The van der Waals surface area contributed by atoms with E-state index in [1.807, 2.05) is 13.8 Å². The number of esters is 1. The van der Waals surface area contributed by atoms with Crippen LogP contribution in [0.15, 0.2) is 18.3 Å². The monoisotopic (exact) mass is 252 g/mol. The van der Waals surface area contributed by atoms with Crippen LogP contribution in [0, 0.1) is 5.92 Å². The number of pyridine rings is 1. The average molecular weight is 252 g/mol. The molecule has 0 amide bonds. The van der Waals surface area contributed by atoms with Gasteiger partial charge in [-0.05, 0) is 25.0 Å². The fraction of sp³-hybridized carbons (Fsp3) is 0.538. The summed E-state index contributed by atoms with van der Waals surface area (Å²) in [5, 5.41) is 12.3. The molecule has 18 heavy (non-hydrogen) atoms. The van der Waals surface area contributed by atoms with Gasteiger partial charge in [0.25, 0.3) is 0 Å². The smallest absolute Gasteiger partial charge is 0.339 e. The third kappa shape index (κ3) is 4.00. The average Bonchev–Trinajstić information content (AvgIpc) is 2.36. The number of hydrogen-bond donors (Lipinski definition) is 2. The zero-order valence-corrected chi connectivity index (χ0v) is 11.0. The van der Waals surface area contributed by atoms with Gasteiger partial charge in [0, 0.05) is 6.20 Å². The Kier molecular flexibility index (Phi) is 5.58. The van der Waals surface area contributed by atoms with Crippen LogP contribution in [0.25, 0.3) is 0 Å². The number of anilines is 1. The first-order valence-electron chi connectivity index (χ1n) is 6.09. The van der Waals surface area contributed by atoms with Crippen molar-refractivity contribution in [2.75, 3.05) is 18.5 Å². The summed E-state index contributed by atoms with van der Waals surface area (Å²) in [5.74, 6) is 0.552. The number of nitrogens with one attached hydrogen (secondary N) is 1. The van der Waals surface area contributed by atoms with E-state index in [1.54, 1.807) is 19.1 Å². The predicted octanol–water partition coefficient (Wildman–Crippen LogP) is 1.69. The number of aromatic nitrogens is 1. The third-order valence-electron chi connectivity index (χ3n) is 2.61. The number of nitrogens with zero attached hydrogens (tertiary/aromatic N) is 1. The first-order chi connectivity index (χ1) is 8.58. The number of hydrogen-bond acceptors (Lipinski definition) is 5. The fourth-order valence-corrected chi connectivity index (χ4v) is 1.43. The molecule has 0 aliphatic heterocycles. The normalized spacial score (nSPS) is 12.3. The second-order valence-corrected chi connectivity index (χ2v) is 4.33. The van der Waals surface area contributed by atoms with Gasteiger partial charge in [0.15, 0.2) is 0 Å². The summed E-state index contributed by atoms with van der Waals surface area (Å²) in [6, 6.07) is 3.31. The van der Waals surface area contributed by atoms with Crippen LogP contribution in [0.4, 0.5) is 5.82 Å². The highest BCUT2D eigenvalue weighted by Gasteiger charge is 2.13. The van der Waals surface area contributed by atoms with Gasteiger partial charge in [-0.25, -0.2) is 9.78 Å². The maximum atomic E-state index is 11.4. The lowest BCUT2D eigenvalue weighted by molar-refractivity contribution is 0.0526. The summed E-state index contributed by atoms with van der Waals surface area (Å²) in [5.41, 5.74) is 0.424. The van der Waals surface area contributed by atoms with Crippen molar-refractivity contribution in [1.82, 2.24) is 4.98 Å². The van der Waals surface area contributed by atoms with Gasteiger partial charge in [-0.3, -0.25) is 0 Å². The lowest BCUT2D eigenvalue weighted by Gasteiger charge is -2.20. The van der Waals surface area contributed by atoms with Gasteiger partial charge >= 0.3 is 5.97 Å². The Hall–Kier alpha value is -1.62. The molecule has 2 N–H and O–H groups in total. The highest BCUT2D eigenvalue weighted by Crippen LogP contribution is 2.11. The van der Waals surface area contributed by atoms with Crippen LogP contribution in [0.2, 0.25) is 0 Å². The second-order valence-electron chi connectivity index (χ2n) is 4.33. The molecular weight excluding hydrogens is 232 g/mol. The number of carbonyl (C=O) groups is 1. The summed E-state index contributed by atoms with van der Waals surface area (Å²) in [7, 11) is 0. The minimum Gasteiger partial charge on any atom is -0.462 e. The molecular formula is C13H20N2O3. The first kappa shape index (κ1) is 14.4. The minimum absolute atomic E-state index is 0.0406. The zero-order valence-electron chi connectivity index (χ0n) is 11.0. The third-order valence-corrected chi connectivity index (χ3v) is 2.61. The molecule has 5 heteroatoms. The Bertz CT molecular complexity index is 376. The van der Waals surface area contributed by atoms with E-state index in [1.165, 1.54) is 6.20 Å². The standard InChI is InChI=1S/C13H20N2O3/c1-4-18-13(17)10-5-6-12(14-7-10)15-11(8-16)9(2)3/h5-7,9,11,16H,4,8H2,1-3H3,(H,14,15)/t11-/m1/s1. The van der Waals surface area contributed by atoms with Crippen LogP contribution in [0.1, 0.15) is 31.1 Å². The Morgan fingerprint density at radius 1 is 1.50 bits per heavy atom. The van der Waals surface area contributed by atoms with E-state index >= 15 is 0 Å². The van der Waals surface area contributed by atoms with E-state index < -0.39 is 0 Å². The zero-order chi connectivity index (χ0) is 13.5. The van der Waals surface area contributed by atoms with E-state index in [4.69, 9.17) is 4.74 Å². The number of rotatable bonds is 6. The van der Waals surface area contributed by atoms with E-state index in [0.29, 0.717) is 23.9 Å². The van der Waals surface area contributed by atoms with Crippen LogP contribution >= 0.6 is 0 Å². The molecule has 0 radical (unpaired) electrons. The quantitative estimate of drug-likeness (QED) is 0.754. The molecule has 1 aromatic rings. The molecule has 0 spiro atoms. The second kappa shape index (κ2) is 6.96. The van der Waals surface area contributed by atoms with Gasteiger partial charge in [0.1, 0.15) is 5.82 Å². The molecule has 0 bridgehead atoms. The van der Waals surface area contributed by atoms with E-state index in [0.717, 1.165) is 0 Å². The number of aliphatic hydroxyl groups is 1. The SMILES string of the molecule is CCOC(=O)c1ccc(N[C@H](CO)C(C)C)nc1. The Morgan fingerprint density at radius 2 is 2.22 bits per heavy atom. The van der Waals surface area contributed by atoms with Gasteiger partial charge in [-0.1, -0.05) is 13.8 Å². The maximum absolute atomic E-state index is 11.4. The lowest BCUT2D eigenvalue weighted by Crippen LogP contribution is -2.29. The van der Waals surface area contributed by atoms with Gasteiger partial charge in [-0.15, -0.1) is 0 Å². The molecule has 0 saturated carbocycles. The van der Waals surface area contributed by atoms with Gasteiger partial charge < -0.3 is 15.2 Å². The summed E-state index contributed by atoms with van der Waals surface area (Å²) in [4.78, 5) is 15.5. The molecule has 5 nitrogen and oxygen atoms in total. The summed E-state index contributed by atoms with van der Waals surface area (Å²) < 4.78 is 4.87. The van der Waals surface area contributed by atoms with Crippen LogP contribution < -0.4 is 5.32 Å². The minimum atomic E-state index is -0.376. The molecule has 1 rings (SSSR count). The van der Waals surface area contributed by atoms with Crippen LogP contribution in [0.5, 0.6) is 0 Å². The van der Waals surface area contributed by atoms with Crippen LogP contribution in [0.3, 0.4) is 0 Å². The Balaban J connectivity index is 2.68. The van der Waals surface area contributed by atoms with Crippen molar-refractivity contribution in [3.63, 3.8) is 0 Å². The molecule has 1 atom stereocenters. The first-order valence-corrected chi connectivity index (χ1v) is 6.09. The maximum Gasteiger partial charge on any atom is 0.339 e. The van der Waals surface area contributed by atoms with Crippen molar-refractivity contribution in [1.29, 1.82) is 0 Å². The molecule has 0 fully saturated rings. The summed E-state index contributed by atoms with van der Waals surface area (Å²) in [6.07, 6.45) is 1.47. The van der Waals surface area contributed by atoms with Crippen molar-refractivity contribution >= 4 is 11.8 Å². The van der Waals surface area contributed by atoms with Crippen molar-refractivity contribution in [2.45, 2.75) is 26.8 Å². The van der Waals surface area contributed by atoms with Gasteiger partial charge in [0.2, 0.25) is 0 Å². The molecule has 0 aromatic carbocycles. The van der Waals surface area contributed by atoms with E-state index in [-0.39, 0.29) is 18.6 Å². The molecule has 0 aliphatic carbocycles. The summed E-state index contributed by atoms with van der Waals surface area (Å²) >= 11 is 0. The van der Waals surface area contributed by atoms with Gasteiger partial charge in [-0.2, -0.15) is 0 Å². The molecule has 0 unspecified atom stereocenters. The molecule has 0 saturated heterocycles. The van der Waals surface area contributed by atoms with Gasteiger partial charge in [0.05, 0.1) is 24.8 Å². The number of aliphatic hydroxyl groups excluding tert-OH is 1. The highest BCUT2D eigenvalue weighted by molar-refractivity contribution is 5.89. The molecule has 0 aliphatic rings. The Morgan fingerprint density at radius 3 is 2.67 bits per heavy atom. The number of carbonyl (C=O) groups excluding carboxylic acids is 1. The topological polar surface area (TPSA) is 71.5 Å².